The molecule has 0 unspecified atom stereocenters. The Kier molecular flexibility index (Phi) is 5.47. The molecule has 0 spiro atoms. The third-order valence-corrected chi connectivity index (χ3v) is 7.53. The van der Waals surface area contributed by atoms with Crippen molar-refractivity contribution in [3.8, 4) is 0 Å². The molecule has 0 aliphatic carbocycles. The molecule has 0 aliphatic heterocycles. The van der Waals surface area contributed by atoms with Crippen molar-refractivity contribution in [2.45, 2.75) is 21.9 Å². The van der Waals surface area contributed by atoms with Crippen LogP contribution in [0.4, 0.5) is 5.69 Å². The van der Waals surface area contributed by atoms with Crippen molar-refractivity contribution >= 4 is 38.6 Å². The number of rotatable bonds is 5. The van der Waals surface area contributed by atoms with E-state index in [1.54, 1.807) is 67.2 Å². The Hall–Kier alpha value is -3.31. The molecular weight excluding hydrogens is 450 g/mol. The van der Waals surface area contributed by atoms with Crippen LogP contribution in [-0.2, 0) is 31.2 Å². The van der Waals surface area contributed by atoms with Crippen LogP contribution in [0.15, 0.2) is 73.1 Å². The molecule has 0 amide bonds. The Labute approximate surface area is 188 Å². The maximum atomic E-state index is 12.6. The van der Waals surface area contributed by atoms with Gasteiger partial charge < -0.3 is 4.57 Å². The predicted octanol–water partition coefficient (Wildman–Crippen LogP) is 2.23. The number of aryl methyl sites for hydroxylation is 3. The molecule has 0 atom stereocenters. The molecule has 4 aromatic rings. The van der Waals surface area contributed by atoms with Crippen LogP contribution >= 0.6 is 11.8 Å². The summed E-state index contributed by atoms with van der Waals surface area (Å²) in [5.74, 6) is 0. The molecule has 2 heterocycles. The third-order valence-electron chi connectivity index (χ3n) is 5.08. The fourth-order valence-corrected chi connectivity index (χ4v) is 5.12. The summed E-state index contributed by atoms with van der Waals surface area (Å²) >= 11 is 1.30. The van der Waals surface area contributed by atoms with Crippen molar-refractivity contribution < 1.29 is 8.42 Å². The summed E-state index contributed by atoms with van der Waals surface area (Å²) in [6, 6.07) is 13.4. The zero-order valence-corrected chi connectivity index (χ0v) is 19.5. The van der Waals surface area contributed by atoms with Gasteiger partial charge in [0, 0.05) is 31.7 Å². The molecule has 166 valence electrons. The molecule has 2 aromatic carbocycles. The third kappa shape index (κ3) is 3.84. The maximum absolute atomic E-state index is 12.6. The number of nitrogens with zero attached hydrogens (tertiary/aromatic N) is 4. The van der Waals surface area contributed by atoms with E-state index >= 15 is 0 Å². The van der Waals surface area contributed by atoms with E-state index in [0.29, 0.717) is 22.0 Å². The second-order valence-electron chi connectivity index (χ2n) is 7.38. The van der Waals surface area contributed by atoms with Crippen LogP contribution < -0.4 is 16.0 Å². The average molecular weight is 472 g/mol. The van der Waals surface area contributed by atoms with Gasteiger partial charge in [-0.1, -0.05) is 29.5 Å². The molecule has 9 nitrogen and oxygen atoms in total. The first kappa shape index (κ1) is 21.9. The molecule has 0 aliphatic rings. The minimum Gasteiger partial charge on any atom is -0.316 e. The SMILES string of the molecule is Cc1ccc(S(=O)(=O)Nc2ccc(Sc3nc4c(c(=O)n(C)c(=O)n4C)n3C)cc2)cc1. The molecule has 0 saturated heterocycles. The molecule has 2 aromatic heterocycles. The quantitative estimate of drug-likeness (QED) is 0.478. The lowest BCUT2D eigenvalue weighted by Crippen LogP contribution is -2.37. The molecule has 11 heteroatoms. The van der Waals surface area contributed by atoms with Crippen LogP contribution in [0, 0.1) is 6.92 Å². The lowest BCUT2D eigenvalue weighted by atomic mass is 10.2. The minimum absolute atomic E-state index is 0.188. The topological polar surface area (TPSA) is 108 Å². The predicted molar refractivity (Wildman–Crippen MR) is 124 cm³/mol. The number of fused-ring (bicyclic) bond motifs is 1. The normalized spacial score (nSPS) is 11.8. The second-order valence-corrected chi connectivity index (χ2v) is 10.1. The van der Waals surface area contributed by atoms with E-state index < -0.39 is 21.3 Å². The molecule has 0 bridgehead atoms. The number of nitrogens with one attached hydrogen (secondary N) is 1. The number of anilines is 1. The fraction of sp³-hybridized carbons (Fsp3) is 0.190. The maximum Gasteiger partial charge on any atom is 0.332 e. The van der Waals surface area contributed by atoms with Crippen LogP contribution in [0.1, 0.15) is 5.56 Å². The lowest BCUT2D eigenvalue weighted by Gasteiger charge is -2.09. The summed E-state index contributed by atoms with van der Waals surface area (Å²) < 4.78 is 31.7. The highest BCUT2D eigenvalue weighted by molar-refractivity contribution is 7.99. The van der Waals surface area contributed by atoms with Crippen molar-refractivity contribution in [3.63, 3.8) is 0 Å². The summed E-state index contributed by atoms with van der Waals surface area (Å²) in [5.41, 5.74) is 1.19. The Morgan fingerprint density at radius 2 is 1.50 bits per heavy atom. The van der Waals surface area contributed by atoms with E-state index in [1.807, 2.05) is 6.92 Å². The Morgan fingerprint density at radius 1 is 0.875 bits per heavy atom. The monoisotopic (exact) mass is 471 g/mol. The fourth-order valence-electron chi connectivity index (χ4n) is 3.22. The zero-order valence-electron chi connectivity index (χ0n) is 17.9. The van der Waals surface area contributed by atoms with Crippen LogP contribution in [0.3, 0.4) is 0 Å². The first-order valence-corrected chi connectivity index (χ1v) is 11.9. The highest BCUT2D eigenvalue weighted by Crippen LogP contribution is 2.29. The second kappa shape index (κ2) is 7.99. The lowest BCUT2D eigenvalue weighted by molar-refractivity contribution is 0.601. The Bertz CT molecular complexity index is 1550. The molecular formula is C21H21N5O4S2. The van der Waals surface area contributed by atoms with E-state index in [1.165, 1.54) is 23.4 Å². The number of imidazole rings is 1. The van der Waals surface area contributed by atoms with E-state index in [9.17, 15) is 18.0 Å². The number of hydrogen-bond donors (Lipinski definition) is 1. The largest absolute Gasteiger partial charge is 0.332 e. The van der Waals surface area contributed by atoms with Crippen molar-refractivity contribution in [2.75, 3.05) is 4.72 Å². The van der Waals surface area contributed by atoms with E-state index in [4.69, 9.17) is 0 Å². The van der Waals surface area contributed by atoms with E-state index in [0.717, 1.165) is 15.0 Å². The van der Waals surface area contributed by atoms with Gasteiger partial charge in [0.1, 0.15) is 0 Å². The van der Waals surface area contributed by atoms with Crippen molar-refractivity contribution in [3.05, 3.63) is 74.9 Å². The molecule has 4 rings (SSSR count). The average Bonchev–Trinajstić information content (AvgIpc) is 3.08. The molecule has 32 heavy (non-hydrogen) atoms. The minimum atomic E-state index is -3.69. The highest BCUT2D eigenvalue weighted by Gasteiger charge is 2.18. The summed E-state index contributed by atoms with van der Waals surface area (Å²) in [4.78, 5) is 30.1. The standard InChI is InChI=1S/C21H21N5O4S2/c1-13-5-11-16(12-6-13)32(29,30)23-14-7-9-15(10-8-14)31-20-22-18-17(24(20)2)19(27)26(4)21(28)25(18)3/h5-12,23H,1-4H3. The first-order chi connectivity index (χ1) is 15.1. The summed E-state index contributed by atoms with van der Waals surface area (Å²) in [6.07, 6.45) is 0. The van der Waals surface area contributed by atoms with Crippen molar-refractivity contribution in [2.24, 2.45) is 21.1 Å². The smallest absolute Gasteiger partial charge is 0.316 e. The first-order valence-electron chi connectivity index (χ1n) is 9.58. The molecule has 0 radical (unpaired) electrons. The van der Waals surface area contributed by atoms with Crippen molar-refractivity contribution in [1.82, 2.24) is 18.7 Å². The Morgan fingerprint density at radius 3 is 2.12 bits per heavy atom. The number of aromatic nitrogens is 4. The van der Waals surface area contributed by atoms with Gasteiger partial charge in [0.25, 0.3) is 15.6 Å². The van der Waals surface area contributed by atoms with Crippen LogP contribution in [0.2, 0.25) is 0 Å². The van der Waals surface area contributed by atoms with Crippen LogP contribution in [0.25, 0.3) is 11.2 Å². The van der Waals surface area contributed by atoms with Gasteiger partial charge in [-0.3, -0.25) is 18.7 Å². The molecule has 1 N–H and O–H groups in total. The van der Waals surface area contributed by atoms with E-state index in [-0.39, 0.29) is 4.90 Å². The number of sulfonamides is 1. The van der Waals surface area contributed by atoms with Crippen LogP contribution in [-0.4, -0.2) is 27.1 Å². The van der Waals surface area contributed by atoms with Crippen molar-refractivity contribution in [1.29, 1.82) is 0 Å². The summed E-state index contributed by atoms with van der Waals surface area (Å²) in [5, 5.41) is 0.534. The number of hydrogen-bond acceptors (Lipinski definition) is 6. The summed E-state index contributed by atoms with van der Waals surface area (Å²) in [7, 11) is 1.03. The van der Waals surface area contributed by atoms with Gasteiger partial charge >= 0.3 is 5.69 Å². The molecule has 0 saturated carbocycles. The van der Waals surface area contributed by atoms with Gasteiger partial charge in [-0.25, -0.2) is 18.2 Å². The van der Waals surface area contributed by atoms with Gasteiger partial charge in [0.15, 0.2) is 16.3 Å². The molecule has 0 fully saturated rings. The van der Waals surface area contributed by atoms with Gasteiger partial charge in [0.2, 0.25) is 0 Å². The van der Waals surface area contributed by atoms with E-state index in [2.05, 4.69) is 9.71 Å². The van der Waals surface area contributed by atoms with Gasteiger partial charge in [-0.05, 0) is 43.3 Å². The van der Waals surface area contributed by atoms with Gasteiger partial charge in [-0.2, -0.15) is 0 Å². The zero-order chi connectivity index (χ0) is 23.2. The van der Waals surface area contributed by atoms with Gasteiger partial charge in [-0.15, -0.1) is 0 Å². The van der Waals surface area contributed by atoms with Crippen LogP contribution in [0.5, 0.6) is 0 Å². The van der Waals surface area contributed by atoms with Gasteiger partial charge in [0.05, 0.1) is 4.90 Å². The highest BCUT2D eigenvalue weighted by atomic mass is 32.2. The Balaban J connectivity index is 1.60. The summed E-state index contributed by atoms with van der Waals surface area (Å²) in [6.45, 7) is 1.89. The number of benzene rings is 2.